The van der Waals surface area contributed by atoms with Crippen molar-refractivity contribution in [3.8, 4) is 0 Å². The summed E-state index contributed by atoms with van der Waals surface area (Å²) in [5, 5.41) is 18.7. The van der Waals surface area contributed by atoms with Gasteiger partial charge in [-0.1, -0.05) is 25.3 Å². The van der Waals surface area contributed by atoms with Crippen molar-refractivity contribution in [1.29, 1.82) is 0 Å². The number of carboxylic acids is 1. The average molecular weight is 555 g/mol. The molecule has 5 rings (SSSR count). The molecule has 1 unspecified atom stereocenters. The van der Waals surface area contributed by atoms with E-state index in [9.17, 15) is 27.2 Å². The van der Waals surface area contributed by atoms with Crippen LogP contribution >= 0.6 is 0 Å². The minimum absolute atomic E-state index is 0.123. The first kappa shape index (κ1) is 28.5. The molecule has 1 aliphatic carbocycles. The lowest BCUT2D eigenvalue weighted by atomic mass is 9.89. The minimum atomic E-state index is -5.08. The lowest BCUT2D eigenvalue weighted by Crippen LogP contribution is -2.53. The number of hydrogen-bond donors (Lipinski definition) is 2. The van der Waals surface area contributed by atoms with Gasteiger partial charge >= 0.3 is 12.1 Å². The van der Waals surface area contributed by atoms with Crippen molar-refractivity contribution in [3.05, 3.63) is 47.3 Å². The highest BCUT2D eigenvalue weighted by atomic mass is 19.4. The van der Waals surface area contributed by atoms with Crippen molar-refractivity contribution in [3.63, 3.8) is 0 Å². The van der Waals surface area contributed by atoms with Crippen LogP contribution in [0.1, 0.15) is 64.9 Å². The maximum Gasteiger partial charge on any atom is 0.490 e. The Morgan fingerprint density at radius 1 is 1.03 bits per heavy atom. The second-order valence-corrected chi connectivity index (χ2v) is 9.86. The summed E-state index contributed by atoms with van der Waals surface area (Å²) >= 11 is 0. The molecule has 2 aromatic rings. The SMILES string of the molecule is O=C(NCC1CCCCC1)c1nnc2n1CCN1CCN(C(=O)c3cccc(F)c3)CC21.O=C(O)C(F)(F)F. The molecule has 39 heavy (non-hydrogen) atoms. The molecule has 2 N–H and O–H groups in total. The number of nitrogens with one attached hydrogen (secondary N) is 1. The Morgan fingerprint density at radius 2 is 1.72 bits per heavy atom. The second-order valence-electron chi connectivity index (χ2n) is 9.86. The summed E-state index contributed by atoms with van der Waals surface area (Å²) in [4.78, 5) is 38.7. The maximum absolute atomic E-state index is 13.6. The molecule has 0 spiro atoms. The Hall–Kier alpha value is -3.55. The number of amides is 2. The number of alkyl halides is 3. The molecule has 212 valence electrons. The van der Waals surface area contributed by atoms with Crippen molar-refractivity contribution in [2.75, 3.05) is 32.7 Å². The number of rotatable bonds is 4. The average Bonchev–Trinajstić information content (AvgIpc) is 3.36. The maximum atomic E-state index is 13.6. The molecule has 14 heteroatoms. The number of halogens is 4. The van der Waals surface area contributed by atoms with Crippen molar-refractivity contribution in [1.82, 2.24) is 29.9 Å². The number of carbonyl (C=O) groups is 3. The molecule has 0 bridgehead atoms. The summed E-state index contributed by atoms with van der Waals surface area (Å²) in [6.45, 7) is 3.85. The summed E-state index contributed by atoms with van der Waals surface area (Å²) in [5.74, 6) is -1.92. The first-order chi connectivity index (χ1) is 18.5. The van der Waals surface area contributed by atoms with Crippen molar-refractivity contribution in [2.45, 2.75) is 50.9 Å². The number of fused-ring (bicyclic) bond motifs is 3. The summed E-state index contributed by atoms with van der Waals surface area (Å²) < 4.78 is 47.2. The van der Waals surface area contributed by atoms with E-state index in [2.05, 4.69) is 20.4 Å². The molecular formula is C25H30F4N6O4. The fraction of sp³-hybridized carbons (Fsp3) is 0.560. The third-order valence-corrected chi connectivity index (χ3v) is 7.26. The van der Waals surface area contributed by atoms with Gasteiger partial charge in [0.05, 0.1) is 6.04 Å². The molecule has 2 fully saturated rings. The molecule has 3 heterocycles. The van der Waals surface area contributed by atoms with Crippen LogP contribution in [-0.2, 0) is 11.3 Å². The smallest absolute Gasteiger partial charge is 0.475 e. The Morgan fingerprint density at radius 3 is 2.38 bits per heavy atom. The number of aromatic nitrogens is 3. The van der Waals surface area contributed by atoms with E-state index < -0.39 is 18.0 Å². The Kier molecular flexibility index (Phi) is 8.83. The molecule has 1 atom stereocenters. The van der Waals surface area contributed by atoms with E-state index in [-0.39, 0.29) is 17.9 Å². The molecule has 3 aliphatic rings. The van der Waals surface area contributed by atoms with Gasteiger partial charge in [0, 0.05) is 44.8 Å². The predicted octanol–water partition coefficient (Wildman–Crippen LogP) is 2.87. The Bertz CT molecular complexity index is 1200. The molecule has 2 amide bonds. The summed E-state index contributed by atoms with van der Waals surface area (Å²) in [6.07, 6.45) is 1.03. The first-order valence-corrected chi connectivity index (χ1v) is 12.8. The monoisotopic (exact) mass is 554 g/mol. The number of carboxylic acid groups (broad SMARTS) is 1. The standard InChI is InChI=1S/C23H29FN6O2.C2HF3O2/c24-18-8-4-7-17(13-18)23(32)29-10-9-28-11-12-30-20(19(28)15-29)26-27-21(30)22(31)25-14-16-5-2-1-3-6-16;3-2(4,5)1(6)7/h4,7-8,13,16,19H,1-3,5-6,9-12,14-15H2,(H,25,31);(H,6,7). The predicted molar refractivity (Wildman–Crippen MR) is 129 cm³/mol. The van der Waals surface area contributed by atoms with E-state index in [1.165, 1.54) is 44.2 Å². The van der Waals surface area contributed by atoms with Gasteiger partial charge in [0.25, 0.3) is 11.8 Å². The molecule has 1 saturated heterocycles. The van der Waals surface area contributed by atoms with Crippen molar-refractivity contribution in [2.24, 2.45) is 5.92 Å². The largest absolute Gasteiger partial charge is 0.490 e. The van der Waals surface area contributed by atoms with Crippen LogP contribution in [-0.4, -0.2) is 86.4 Å². The Labute approximate surface area is 222 Å². The molecule has 1 aromatic heterocycles. The fourth-order valence-corrected chi connectivity index (χ4v) is 5.21. The van der Waals surface area contributed by atoms with Crippen LogP contribution in [0.4, 0.5) is 17.6 Å². The van der Waals surface area contributed by atoms with Gasteiger partial charge in [-0.15, -0.1) is 10.2 Å². The van der Waals surface area contributed by atoms with Crippen molar-refractivity contribution < 1.29 is 37.1 Å². The van der Waals surface area contributed by atoms with Gasteiger partial charge in [-0.25, -0.2) is 9.18 Å². The summed E-state index contributed by atoms with van der Waals surface area (Å²) in [7, 11) is 0. The quantitative estimate of drug-likeness (QED) is 0.558. The number of hydrogen-bond acceptors (Lipinski definition) is 6. The lowest BCUT2D eigenvalue weighted by Gasteiger charge is -2.43. The van der Waals surface area contributed by atoms with E-state index >= 15 is 0 Å². The molecule has 10 nitrogen and oxygen atoms in total. The van der Waals surface area contributed by atoms with Gasteiger partial charge in [-0.3, -0.25) is 14.5 Å². The number of piperazine rings is 1. The van der Waals surface area contributed by atoms with Crippen LogP contribution in [0.15, 0.2) is 24.3 Å². The van der Waals surface area contributed by atoms with Gasteiger partial charge in [0.2, 0.25) is 5.82 Å². The van der Waals surface area contributed by atoms with Crippen LogP contribution in [0, 0.1) is 11.7 Å². The third kappa shape index (κ3) is 6.91. The fourth-order valence-electron chi connectivity index (χ4n) is 5.21. The Balaban J connectivity index is 0.000000448. The van der Waals surface area contributed by atoms with E-state index in [0.717, 1.165) is 12.4 Å². The minimum Gasteiger partial charge on any atom is -0.475 e. The van der Waals surface area contributed by atoms with Gasteiger partial charge in [-0.05, 0) is 37.0 Å². The zero-order valence-electron chi connectivity index (χ0n) is 21.2. The van der Waals surface area contributed by atoms with E-state index in [4.69, 9.17) is 9.90 Å². The van der Waals surface area contributed by atoms with Crippen LogP contribution in [0.25, 0.3) is 0 Å². The number of benzene rings is 1. The van der Waals surface area contributed by atoms with E-state index in [1.807, 2.05) is 4.57 Å². The van der Waals surface area contributed by atoms with Gasteiger partial charge in [0.1, 0.15) is 5.82 Å². The van der Waals surface area contributed by atoms with E-state index in [0.29, 0.717) is 50.0 Å². The second kappa shape index (κ2) is 12.1. The zero-order valence-corrected chi connectivity index (χ0v) is 21.2. The number of aliphatic carboxylic acids is 1. The van der Waals surface area contributed by atoms with Gasteiger partial charge in [-0.2, -0.15) is 13.2 Å². The summed E-state index contributed by atoms with van der Waals surface area (Å²) in [6, 6.07) is 5.67. The lowest BCUT2D eigenvalue weighted by molar-refractivity contribution is -0.192. The van der Waals surface area contributed by atoms with Crippen LogP contribution in [0.3, 0.4) is 0 Å². The molecule has 1 saturated carbocycles. The highest BCUT2D eigenvalue weighted by molar-refractivity contribution is 5.94. The topological polar surface area (TPSA) is 121 Å². The summed E-state index contributed by atoms with van der Waals surface area (Å²) in [5.41, 5.74) is 0.346. The van der Waals surface area contributed by atoms with Gasteiger partial charge < -0.3 is 19.9 Å². The molecule has 2 aliphatic heterocycles. The first-order valence-electron chi connectivity index (χ1n) is 12.8. The van der Waals surface area contributed by atoms with Crippen molar-refractivity contribution >= 4 is 17.8 Å². The molecular weight excluding hydrogens is 524 g/mol. The zero-order chi connectivity index (χ0) is 28.2. The van der Waals surface area contributed by atoms with Crippen LogP contribution < -0.4 is 5.32 Å². The molecule has 1 aromatic carbocycles. The third-order valence-electron chi connectivity index (χ3n) is 7.26. The van der Waals surface area contributed by atoms with Crippen LogP contribution in [0.5, 0.6) is 0 Å². The highest BCUT2D eigenvalue weighted by Gasteiger charge is 2.39. The number of nitrogens with zero attached hydrogens (tertiary/aromatic N) is 5. The van der Waals surface area contributed by atoms with E-state index in [1.54, 1.807) is 17.0 Å². The van der Waals surface area contributed by atoms with Gasteiger partial charge in [0.15, 0.2) is 5.82 Å². The number of carbonyl (C=O) groups excluding carboxylic acids is 2. The highest BCUT2D eigenvalue weighted by Crippen LogP contribution is 2.29. The normalized spacial score (nSPS) is 19.8. The van der Waals surface area contributed by atoms with Crippen LogP contribution in [0.2, 0.25) is 0 Å². The molecule has 0 radical (unpaired) electrons.